The Morgan fingerprint density at radius 1 is 1.19 bits per heavy atom. The molecule has 0 aliphatic carbocycles. The molecule has 0 aliphatic heterocycles. The highest BCUT2D eigenvalue weighted by atomic mass is 32.1. The molecular formula is C18H16N4O3S. The van der Waals surface area contributed by atoms with Crippen LogP contribution in [0.15, 0.2) is 59.7 Å². The lowest BCUT2D eigenvalue weighted by Gasteiger charge is -2.15. The van der Waals surface area contributed by atoms with Crippen LogP contribution in [-0.4, -0.2) is 23.1 Å². The summed E-state index contributed by atoms with van der Waals surface area (Å²) in [5.74, 6) is -0.305. The lowest BCUT2D eigenvalue weighted by atomic mass is 10.1. The summed E-state index contributed by atoms with van der Waals surface area (Å²) in [6.07, 6.45) is 1.39. The van der Waals surface area contributed by atoms with Crippen LogP contribution in [0.3, 0.4) is 0 Å². The average molecular weight is 368 g/mol. The maximum absolute atomic E-state index is 12.2. The molecule has 0 saturated heterocycles. The molecule has 2 N–H and O–H groups in total. The van der Waals surface area contributed by atoms with Gasteiger partial charge in [-0.25, -0.2) is 5.43 Å². The van der Waals surface area contributed by atoms with Gasteiger partial charge in [-0.15, -0.1) is 0 Å². The Hall–Kier alpha value is -3.26. The van der Waals surface area contributed by atoms with Gasteiger partial charge in [-0.05, 0) is 24.4 Å². The van der Waals surface area contributed by atoms with Crippen molar-refractivity contribution in [3.8, 4) is 0 Å². The topological polar surface area (TPSA) is 96.6 Å². The second-order valence-corrected chi connectivity index (χ2v) is 6.65. The Balaban J connectivity index is 1.62. The van der Waals surface area contributed by atoms with Crippen LogP contribution in [0.5, 0.6) is 0 Å². The van der Waals surface area contributed by atoms with Crippen molar-refractivity contribution in [3.63, 3.8) is 0 Å². The number of fused-ring (bicyclic) bond motifs is 1. The number of nitro groups is 1. The predicted octanol–water partition coefficient (Wildman–Crippen LogP) is 3.76. The van der Waals surface area contributed by atoms with Gasteiger partial charge in [-0.1, -0.05) is 47.7 Å². The SMILES string of the molecule is C[C@H](Nc1cccc2ccccc12)C(=O)N/N=C\c1ccc([N+](=O)[O-])s1. The van der Waals surface area contributed by atoms with Gasteiger partial charge in [0.2, 0.25) is 0 Å². The first kappa shape index (κ1) is 17.6. The molecule has 0 fully saturated rings. The molecule has 1 atom stereocenters. The molecule has 26 heavy (non-hydrogen) atoms. The third-order valence-electron chi connectivity index (χ3n) is 3.71. The van der Waals surface area contributed by atoms with Crippen molar-refractivity contribution in [1.29, 1.82) is 0 Å². The number of thiophene rings is 1. The summed E-state index contributed by atoms with van der Waals surface area (Å²) in [5.41, 5.74) is 3.31. The van der Waals surface area contributed by atoms with E-state index in [4.69, 9.17) is 0 Å². The summed E-state index contributed by atoms with van der Waals surface area (Å²) in [6, 6.07) is 16.2. The number of anilines is 1. The summed E-state index contributed by atoms with van der Waals surface area (Å²) < 4.78 is 0. The summed E-state index contributed by atoms with van der Waals surface area (Å²) in [5, 5.41) is 19.8. The summed E-state index contributed by atoms with van der Waals surface area (Å²) in [7, 11) is 0. The third-order valence-corrected chi connectivity index (χ3v) is 4.69. The number of carbonyl (C=O) groups excluding carboxylic acids is 1. The summed E-state index contributed by atoms with van der Waals surface area (Å²) in [4.78, 5) is 23.0. The van der Waals surface area contributed by atoms with Gasteiger partial charge in [-0.2, -0.15) is 5.10 Å². The highest BCUT2D eigenvalue weighted by Gasteiger charge is 2.13. The number of benzene rings is 2. The van der Waals surface area contributed by atoms with E-state index in [0.717, 1.165) is 27.8 Å². The Labute approximate surface area is 153 Å². The van der Waals surface area contributed by atoms with Crippen molar-refractivity contribution in [2.24, 2.45) is 5.10 Å². The van der Waals surface area contributed by atoms with Crippen LogP contribution >= 0.6 is 11.3 Å². The molecule has 1 heterocycles. The van der Waals surface area contributed by atoms with E-state index < -0.39 is 11.0 Å². The quantitative estimate of drug-likeness (QED) is 0.393. The van der Waals surface area contributed by atoms with Crippen molar-refractivity contribution in [1.82, 2.24) is 5.43 Å². The minimum atomic E-state index is -0.504. The first-order valence-electron chi connectivity index (χ1n) is 7.86. The number of nitrogens with zero attached hydrogens (tertiary/aromatic N) is 2. The van der Waals surface area contributed by atoms with Crippen LogP contribution < -0.4 is 10.7 Å². The third kappa shape index (κ3) is 4.04. The minimum Gasteiger partial charge on any atom is -0.373 e. The lowest BCUT2D eigenvalue weighted by molar-refractivity contribution is -0.380. The minimum absolute atomic E-state index is 0.0313. The van der Waals surface area contributed by atoms with Crippen molar-refractivity contribution in [3.05, 3.63) is 69.6 Å². The molecule has 0 spiro atoms. The lowest BCUT2D eigenvalue weighted by Crippen LogP contribution is -2.34. The van der Waals surface area contributed by atoms with Crippen LogP contribution in [0, 0.1) is 10.1 Å². The Morgan fingerprint density at radius 3 is 2.73 bits per heavy atom. The van der Waals surface area contributed by atoms with Gasteiger partial charge in [0.1, 0.15) is 6.04 Å². The molecule has 1 amide bonds. The van der Waals surface area contributed by atoms with Gasteiger partial charge < -0.3 is 5.32 Å². The monoisotopic (exact) mass is 368 g/mol. The van der Waals surface area contributed by atoms with Gasteiger partial charge in [0, 0.05) is 17.1 Å². The van der Waals surface area contributed by atoms with Gasteiger partial charge >= 0.3 is 5.00 Å². The van der Waals surface area contributed by atoms with E-state index in [9.17, 15) is 14.9 Å². The van der Waals surface area contributed by atoms with Crippen molar-refractivity contribution in [2.75, 3.05) is 5.32 Å². The number of hydrogen-bond donors (Lipinski definition) is 2. The fourth-order valence-corrected chi connectivity index (χ4v) is 3.11. The number of hydrazone groups is 1. The molecular weight excluding hydrogens is 352 g/mol. The van der Waals surface area contributed by atoms with E-state index in [-0.39, 0.29) is 10.9 Å². The molecule has 132 valence electrons. The standard InChI is InChI=1S/C18H16N4O3S/c1-12(20-16-8-4-6-13-5-2-3-7-15(13)16)18(23)21-19-11-14-9-10-17(26-14)22(24)25/h2-12,20H,1H3,(H,21,23)/b19-11-/t12-/m0/s1. The van der Waals surface area contributed by atoms with E-state index in [1.165, 1.54) is 12.3 Å². The number of amides is 1. The molecule has 3 rings (SSSR count). The Morgan fingerprint density at radius 2 is 1.96 bits per heavy atom. The molecule has 2 aromatic carbocycles. The fourth-order valence-electron chi connectivity index (χ4n) is 2.42. The van der Waals surface area contributed by atoms with Gasteiger partial charge in [-0.3, -0.25) is 14.9 Å². The Kier molecular flexibility index (Phi) is 5.23. The molecule has 0 saturated carbocycles. The number of carbonyl (C=O) groups is 1. The zero-order valence-corrected chi connectivity index (χ0v) is 14.7. The number of rotatable bonds is 6. The first-order chi connectivity index (χ1) is 12.5. The zero-order valence-electron chi connectivity index (χ0n) is 13.9. The van der Waals surface area contributed by atoms with Crippen LogP contribution in [-0.2, 0) is 4.79 Å². The van der Waals surface area contributed by atoms with Gasteiger partial charge in [0.15, 0.2) is 0 Å². The van der Waals surface area contributed by atoms with Crippen LogP contribution in [0.1, 0.15) is 11.8 Å². The molecule has 3 aromatic rings. The van der Waals surface area contributed by atoms with Gasteiger partial charge in [0.25, 0.3) is 5.91 Å². The first-order valence-corrected chi connectivity index (χ1v) is 8.67. The molecule has 0 unspecified atom stereocenters. The van der Waals surface area contributed by atoms with Crippen molar-refractivity contribution >= 4 is 44.9 Å². The van der Waals surface area contributed by atoms with Crippen LogP contribution in [0.4, 0.5) is 10.7 Å². The zero-order chi connectivity index (χ0) is 18.5. The molecule has 8 heteroatoms. The Bertz CT molecular complexity index is 978. The predicted molar refractivity (Wildman–Crippen MR) is 104 cm³/mol. The van der Waals surface area contributed by atoms with E-state index in [2.05, 4.69) is 15.8 Å². The maximum atomic E-state index is 12.2. The average Bonchev–Trinajstić information content (AvgIpc) is 3.11. The number of hydrogen-bond acceptors (Lipinski definition) is 6. The van der Waals surface area contributed by atoms with E-state index in [1.54, 1.807) is 13.0 Å². The molecule has 0 bridgehead atoms. The van der Waals surface area contributed by atoms with E-state index in [1.807, 2.05) is 42.5 Å². The largest absolute Gasteiger partial charge is 0.373 e. The summed E-state index contributed by atoms with van der Waals surface area (Å²) in [6.45, 7) is 1.74. The molecule has 0 aliphatic rings. The van der Waals surface area contributed by atoms with Crippen LogP contribution in [0.2, 0.25) is 0 Å². The van der Waals surface area contributed by atoms with Crippen molar-refractivity contribution in [2.45, 2.75) is 13.0 Å². The highest BCUT2D eigenvalue weighted by molar-refractivity contribution is 7.16. The van der Waals surface area contributed by atoms with Gasteiger partial charge in [0.05, 0.1) is 16.0 Å². The maximum Gasteiger partial charge on any atom is 0.324 e. The second kappa shape index (κ2) is 7.75. The fraction of sp³-hybridized carbons (Fsp3) is 0.111. The van der Waals surface area contributed by atoms with Crippen molar-refractivity contribution < 1.29 is 9.72 Å². The normalized spacial score (nSPS) is 12.2. The van der Waals surface area contributed by atoms with Crippen LogP contribution in [0.25, 0.3) is 10.8 Å². The second-order valence-electron chi connectivity index (χ2n) is 5.56. The highest BCUT2D eigenvalue weighted by Crippen LogP contribution is 2.24. The molecule has 7 nitrogen and oxygen atoms in total. The van der Waals surface area contributed by atoms with E-state index >= 15 is 0 Å². The molecule has 0 radical (unpaired) electrons. The van der Waals surface area contributed by atoms with E-state index in [0.29, 0.717) is 4.88 Å². The summed E-state index contributed by atoms with van der Waals surface area (Å²) >= 11 is 0.990. The smallest absolute Gasteiger partial charge is 0.324 e. The molecule has 1 aromatic heterocycles. The number of nitrogens with one attached hydrogen (secondary N) is 2.